The lowest BCUT2D eigenvalue weighted by Crippen LogP contribution is -2.05. The SMILES string of the molecule is CCc1ccccc1C(=O)c1ccc(C)nc1. The van der Waals surface area contributed by atoms with Gasteiger partial charge in [-0.2, -0.15) is 0 Å². The fourth-order valence-corrected chi connectivity index (χ4v) is 1.81. The van der Waals surface area contributed by atoms with E-state index >= 15 is 0 Å². The third-order valence-corrected chi connectivity index (χ3v) is 2.82. The highest BCUT2D eigenvalue weighted by atomic mass is 16.1. The number of carbonyl (C=O) groups excluding carboxylic acids is 1. The van der Waals surface area contributed by atoms with Crippen LogP contribution in [0.15, 0.2) is 42.6 Å². The van der Waals surface area contributed by atoms with Gasteiger partial charge in [-0.1, -0.05) is 31.2 Å². The Morgan fingerprint density at radius 2 is 1.94 bits per heavy atom. The van der Waals surface area contributed by atoms with Gasteiger partial charge in [-0.25, -0.2) is 0 Å². The molecule has 0 saturated heterocycles. The van der Waals surface area contributed by atoms with Crippen LogP contribution in [-0.4, -0.2) is 10.8 Å². The Balaban J connectivity index is 2.40. The van der Waals surface area contributed by atoms with Crippen LogP contribution >= 0.6 is 0 Å². The number of ketones is 1. The molecule has 0 radical (unpaired) electrons. The molecule has 0 aliphatic heterocycles. The highest BCUT2D eigenvalue weighted by Crippen LogP contribution is 2.14. The number of aromatic nitrogens is 1. The summed E-state index contributed by atoms with van der Waals surface area (Å²) in [6.45, 7) is 3.97. The van der Waals surface area contributed by atoms with Crippen LogP contribution in [0.3, 0.4) is 0 Å². The van der Waals surface area contributed by atoms with Crippen LogP contribution in [0.5, 0.6) is 0 Å². The molecular weight excluding hydrogens is 210 g/mol. The Labute approximate surface area is 101 Å². The van der Waals surface area contributed by atoms with Crippen molar-refractivity contribution >= 4 is 5.78 Å². The summed E-state index contributed by atoms with van der Waals surface area (Å²) in [4.78, 5) is 16.5. The van der Waals surface area contributed by atoms with Crippen LogP contribution in [0.1, 0.15) is 34.1 Å². The summed E-state index contributed by atoms with van der Waals surface area (Å²) >= 11 is 0. The molecule has 0 spiro atoms. The van der Waals surface area contributed by atoms with E-state index < -0.39 is 0 Å². The molecule has 1 aromatic carbocycles. The third kappa shape index (κ3) is 2.41. The number of hydrogen-bond donors (Lipinski definition) is 0. The van der Waals surface area contributed by atoms with Crippen molar-refractivity contribution in [1.82, 2.24) is 4.98 Å². The van der Waals surface area contributed by atoms with Gasteiger partial charge in [0.25, 0.3) is 0 Å². The summed E-state index contributed by atoms with van der Waals surface area (Å²) in [7, 11) is 0. The molecule has 0 unspecified atom stereocenters. The largest absolute Gasteiger partial charge is 0.289 e. The second-order valence-electron chi connectivity index (χ2n) is 4.03. The lowest BCUT2D eigenvalue weighted by molar-refractivity contribution is 0.103. The lowest BCUT2D eigenvalue weighted by Gasteiger charge is -2.06. The van der Waals surface area contributed by atoms with E-state index in [1.165, 1.54) is 0 Å². The van der Waals surface area contributed by atoms with E-state index in [2.05, 4.69) is 11.9 Å². The highest BCUT2D eigenvalue weighted by molar-refractivity contribution is 6.09. The maximum atomic E-state index is 12.3. The van der Waals surface area contributed by atoms with Gasteiger partial charge in [0, 0.05) is 23.0 Å². The molecule has 0 aliphatic carbocycles. The Bertz CT molecular complexity index is 529. The number of hydrogen-bond acceptors (Lipinski definition) is 2. The number of nitrogens with zero attached hydrogens (tertiary/aromatic N) is 1. The monoisotopic (exact) mass is 225 g/mol. The van der Waals surface area contributed by atoms with E-state index in [0.717, 1.165) is 23.2 Å². The first-order chi connectivity index (χ1) is 8.22. The van der Waals surface area contributed by atoms with E-state index in [-0.39, 0.29) is 5.78 Å². The Morgan fingerprint density at radius 1 is 1.18 bits per heavy atom. The van der Waals surface area contributed by atoms with E-state index in [1.807, 2.05) is 43.3 Å². The zero-order valence-electron chi connectivity index (χ0n) is 10.1. The molecule has 0 aliphatic rings. The van der Waals surface area contributed by atoms with Gasteiger partial charge in [0.2, 0.25) is 0 Å². The lowest BCUT2D eigenvalue weighted by atomic mass is 9.98. The first kappa shape index (κ1) is 11.5. The van der Waals surface area contributed by atoms with Crippen molar-refractivity contribution in [3.8, 4) is 0 Å². The van der Waals surface area contributed by atoms with Crippen LogP contribution in [0, 0.1) is 6.92 Å². The second kappa shape index (κ2) is 4.91. The quantitative estimate of drug-likeness (QED) is 0.751. The number of pyridine rings is 1. The normalized spacial score (nSPS) is 10.2. The minimum Gasteiger partial charge on any atom is -0.289 e. The summed E-state index contributed by atoms with van der Waals surface area (Å²) < 4.78 is 0. The third-order valence-electron chi connectivity index (χ3n) is 2.82. The number of aryl methyl sites for hydroxylation is 2. The number of carbonyl (C=O) groups is 1. The first-order valence-electron chi connectivity index (χ1n) is 5.77. The van der Waals surface area contributed by atoms with E-state index in [4.69, 9.17) is 0 Å². The molecule has 0 saturated carbocycles. The Kier molecular flexibility index (Phi) is 3.33. The van der Waals surface area contributed by atoms with Crippen LogP contribution in [-0.2, 0) is 6.42 Å². The van der Waals surface area contributed by atoms with E-state index in [0.29, 0.717) is 5.56 Å². The predicted molar refractivity (Wildman–Crippen MR) is 68.2 cm³/mol. The molecule has 17 heavy (non-hydrogen) atoms. The minimum atomic E-state index is 0.0509. The van der Waals surface area contributed by atoms with Crippen molar-refractivity contribution in [2.45, 2.75) is 20.3 Å². The average molecular weight is 225 g/mol. The summed E-state index contributed by atoms with van der Waals surface area (Å²) in [5.74, 6) is 0.0509. The molecule has 2 nitrogen and oxygen atoms in total. The van der Waals surface area contributed by atoms with Gasteiger partial charge in [0.05, 0.1) is 0 Å². The second-order valence-corrected chi connectivity index (χ2v) is 4.03. The fourth-order valence-electron chi connectivity index (χ4n) is 1.81. The van der Waals surface area contributed by atoms with Crippen LogP contribution < -0.4 is 0 Å². The van der Waals surface area contributed by atoms with Crippen molar-refractivity contribution in [2.75, 3.05) is 0 Å². The van der Waals surface area contributed by atoms with Gasteiger partial charge in [-0.05, 0) is 31.0 Å². The molecule has 0 atom stereocenters. The number of rotatable bonds is 3. The zero-order valence-corrected chi connectivity index (χ0v) is 10.1. The molecule has 2 heteroatoms. The molecule has 0 fully saturated rings. The standard InChI is InChI=1S/C15H15NO/c1-3-12-6-4-5-7-14(12)15(17)13-9-8-11(2)16-10-13/h4-10H,3H2,1-2H3. The maximum Gasteiger partial charge on any atom is 0.194 e. The Hall–Kier alpha value is -1.96. The fraction of sp³-hybridized carbons (Fsp3) is 0.200. The van der Waals surface area contributed by atoms with Crippen molar-refractivity contribution in [3.05, 3.63) is 65.0 Å². The van der Waals surface area contributed by atoms with Crippen molar-refractivity contribution in [2.24, 2.45) is 0 Å². The molecule has 0 N–H and O–H groups in total. The highest BCUT2D eigenvalue weighted by Gasteiger charge is 2.12. The average Bonchev–Trinajstić information content (AvgIpc) is 2.39. The molecule has 0 bridgehead atoms. The molecule has 2 rings (SSSR count). The van der Waals surface area contributed by atoms with E-state index in [9.17, 15) is 4.79 Å². The first-order valence-corrected chi connectivity index (χ1v) is 5.77. The summed E-state index contributed by atoms with van der Waals surface area (Å²) in [6, 6.07) is 11.4. The van der Waals surface area contributed by atoms with Gasteiger partial charge >= 0.3 is 0 Å². The molecule has 86 valence electrons. The van der Waals surface area contributed by atoms with Crippen molar-refractivity contribution < 1.29 is 4.79 Å². The van der Waals surface area contributed by atoms with Gasteiger partial charge in [-0.3, -0.25) is 9.78 Å². The molecule has 0 amide bonds. The van der Waals surface area contributed by atoms with E-state index in [1.54, 1.807) is 6.20 Å². The summed E-state index contributed by atoms with van der Waals surface area (Å²) in [5, 5.41) is 0. The summed E-state index contributed by atoms with van der Waals surface area (Å²) in [6.07, 6.45) is 2.51. The summed E-state index contributed by atoms with van der Waals surface area (Å²) in [5.41, 5.74) is 3.43. The zero-order chi connectivity index (χ0) is 12.3. The van der Waals surface area contributed by atoms with Gasteiger partial charge in [-0.15, -0.1) is 0 Å². The molecule has 1 aromatic heterocycles. The maximum absolute atomic E-state index is 12.3. The molecular formula is C15H15NO. The Morgan fingerprint density at radius 3 is 2.59 bits per heavy atom. The van der Waals surface area contributed by atoms with Gasteiger partial charge < -0.3 is 0 Å². The van der Waals surface area contributed by atoms with Crippen LogP contribution in [0.25, 0.3) is 0 Å². The molecule has 1 heterocycles. The van der Waals surface area contributed by atoms with Gasteiger partial charge in [0.1, 0.15) is 0 Å². The van der Waals surface area contributed by atoms with Gasteiger partial charge in [0.15, 0.2) is 5.78 Å². The number of benzene rings is 1. The minimum absolute atomic E-state index is 0.0509. The predicted octanol–water partition coefficient (Wildman–Crippen LogP) is 3.18. The van der Waals surface area contributed by atoms with Crippen LogP contribution in [0.4, 0.5) is 0 Å². The van der Waals surface area contributed by atoms with Crippen molar-refractivity contribution in [1.29, 1.82) is 0 Å². The smallest absolute Gasteiger partial charge is 0.194 e. The van der Waals surface area contributed by atoms with Crippen molar-refractivity contribution in [3.63, 3.8) is 0 Å². The van der Waals surface area contributed by atoms with Crippen LogP contribution in [0.2, 0.25) is 0 Å². The topological polar surface area (TPSA) is 30.0 Å². The molecule has 2 aromatic rings.